The highest BCUT2D eigenvalue weighted by atomic mass is 32.2. The molecule has 0 aliphatic heterocycles. The number of hydrogen-bond donors (Lipinski definition) is 1. The van der Waals surface area contributed by atoms with Crippen molar-refractivity contribution in [2.75, 3.05) is 26.0 Å². The molecule has 2 rings (SSSR count). The molecule has 0 heterocycles. The molecule has 2 aromatic carbocycles. The maximum absolute atomic E-state index is 9.71. The summed E-state index contributed by atoms with van der Waals surface area (Å²) in [6, 6.07) is 12.8. The number of nitrogens with one attached hydrogen (secondary N) is 1. The lowest BCUT2D eigenvalue weighted by Crippen LogP contribution is -2.08. The third-order valence-corrected chi connectivity index (χ3v) is 4.19. The van der Waals surface area contributed by atoms with E-state index in [4.69, 9.17) is 0 Å². The van der Waals surface area contributed by atoms with Gasteiger partial charge in [-0.05, 0) is 48.9 Å². The molecule has 0 bridgehead atoms. The minimum atomic E-state index is 0.671. The molecule has 2 aromatic rings. The molecule has 0 fully saturated rings. The fraction of sp³-hybridized carbons (Fsp3) is 0.421. The highest BCUT2D eigenvalue weighted by molar-refractivity contribution is 7.97. The Balaban J connectivity index is 0.000000322. The van der Waals surface area contributed by atoms with Gasteiger partial charge in [0.05, 0.1) is 0 Å². The summed E-state index contributed by atoms with van der Waals surface area (Å²) in [5.41, 5.74) is 1.26. The van der Waals surface area contributed by atoms with E-state index in [9.17, 15) is 4.79 Å². The summed E-state index contributed by atoms with van der Waals surface area (Å²) in [5, 5.41) is 2.60. The molecule has 0 aromatic heterocycles. The molecule has 4 heteroatoms. The number of aldehydes is 1. The first-order valence-electron chi connectivity index (χ1n) is 7.97. The van der Waals surface area contributed by atoms with Crippen LogP contribution in [0.4, 0.5) is 5.69 Å². The summed E-state index contributed by atoms with van der Waals surface area (Å²) in [4.78, 5) is 13.1. The van der Waals surface area contributed by atoms with E-state index in [1.54, 1.807) is 11.9 Å². The van der Waals surface area contributed by atoms with Crippen molar-refractivity contribution >= 4 is 34.7 Å². The van der Waals surface area contributed by atoms with Crippen LogP contribution in [-0.4, -0.2) is 27.4 Å². The lowest BCUT2D eigenvalue weighted by Gasteiger charge is -2.16. The van der Waals surface area contributed by atoms with Crippen LogP contribution in [0.5, 0.6) is 0 Å². The third kappa shape index (κ3) is 6.24. The smallest absolute Gasteiger partial charge is 0.120 e. The van der Waals surface area contributed by atoms with E-state index in [1.165, 1.54) is 21.4 Å². The minimum absolute atomic E-state index is 0.671. The Kier molecular flexibility index (Phi) is 8.74. The molecule has 3 nitrogen and oxygen atoms in total. The average molecular weight is 333 g/mol. The molecule has 0 saturated heterocycles. The molecule has 0 radical (unpaired) electrons. The van der Waals surface area contributed by atoms with Gasteiger partial charge in [0.25, 0.3) is 0 Å². The van der Waals surface area contributed by atoms with Gasteiger partial charge in [-0.15, -0.1) is 0 Å². The van der Waals surface area contributed by atoms with Crippen molar-refractivity contribution < 1.29 is 4.79 Å². The van der Waals surface area contributed by atoms with Crippen LogP contribution in [0, 0.1) is 5.92 Å². The molecule has 0 amide bonds. The minimum Gasteiger partial charge on any atom is -0.377 e. The molecule has 0 saturated carbocycles. The summed E-state index contributed by atoms with van der Waals surface area (Å²) in [5.74, 6) is 0.671. The second-order valence-corrected chi connectivity index (χ2v) is 7.02. The first-order valence-corrected chi connectivity index (χ1v) is 8.79. The predicted molar refractivity (Wildman–Crippen MR) is 103 cm³/mol. The van der Waals surface area contributed by atoms with Crippen molar-refractivity contribution in [2.45, 2.75) is 31.6 Å². The number of nitrogens with zero attached hydrogens (tertiary/aromatic N) is 1. The molecule has 0 unspecified atom stereocenters. The maximum Gasteiger partial charge on any atom is 0.120 e. The van der Waals surface area contributed by atoms with E-state index in [-0.39, 0.29) is 0 Å². The first-order chi connectivity index (χ1) is 11.0. The lowest BCUT2D eigenvalue weighted by atomic mass is 10.1. The van der Waals surface area contributed by atoms with Gasteiger partial charge in [-0.1, -0.05) is 38.1 Å². The molecule has 1 N–H and O–H groups in total. The van der Waals surface area contributed by atoms with E-state index in [0.29, 0.717) is 5.92 Å². The zero-order chi connectivity index (χ0) is 17.2. The first kappa shape index (κ1) is 19.5. The zero-order valence-electron chi connectivity index (χ0n) is 14.8. The van der Waals surface area contributed by atoms with Gasteiger partial charge in [-0.2, -0.15) is 0 Å². The summed E-state index contributed by atoms with van der Waals surface area (Å²) in [6.45, 7) is 4.23. The maximum atomic E-state index is 9.71. The number of rotatable bonds is 6. The van der Waals surface area contributed by atoms with E-state index in [1.807, 2.05) is 7.05 Å². The van der Waals surface area contributed by atoms with Gasteiger partial charge in [-0.3, -0.25) is 4.72 Å². The lowest BCUT2D eigenvalue weighted by molar-refractivity contribution is -0.108. The SMILES string of the molecule is CC(C)CCC=O.CNSc1cccc2c(N(C)C)cccc12. The number of carbonyl (C=O) groups excluding carboxylic acids is 1. The average Bonchev–Trinajstić information content (AvgIpc) is 2.53. The normalized spacial score (nSPS) is 10.3. The molecule has 126 valence electrons. The second-order valence-electron chi connectivity index (χ2n) is 5.97. The van der Waals surface area contributed by atoms with Crippen LogP contribution in [0.15, 0.2) is 41.3 Å². The Morgan fingerprint density at radius 2 is 1.78 bits per heavy atom. The topological polar surface area (TPSA) is 32.3 Å². The summed E-state index contributed by atoms with van der Waals surface area (Å²) in [6.07, 6.45) is 2.72. The number of carbonyl (C=O) groups is 1. The number of fused-ring (bicyclic) bond motifs is 1. The zero-order valence-corrected chi connectivity index (χ0v) is 15.6. The van der Waals surface area contributed by atoms with Crippen LogP contribution in [0.1, 0.15) is 26.7 Å². The van der Waals surface area contributed by atoms with Crippen LogP contribution < -0.4 is 9.62 Å². The van der Waals surface area contributed by atoms with Crippen molar-refractivity contribution in [3.05, 3.63) is 36.4 Å². The fourth-order valence-corrected chi connectivity index (χ4v) is 2.91. The Labute approximate surface area is 144 Å². The molecular formula is C19H28N2OS. The van der Waals surface area contributed by atoms with E-state index in [2.05, 4.69) is 74.0 Å². The van der Waals surface area contributed by atoms with Crippen LogP contribution in [0.2, 0.25) is 0 Å². The number of anilines is 1. The second kappa shape index (κ2) is 10.3. The molecule has 23 heavy (non-hydrogen) atoms. The summed E-state index contributed by atoms with van der Waals surface area (Å²) in [7, 11) is 6.10. The summed E-state index contributed by atoms with van der Waals surface area (Å²) < 4.78 is 3.13. The van der Waals surface area contributed by atoms with E-state index in [0.717, 1.165) is 19.1 Å². The predicted octanol–water partition coefficient (Wildman–Crippen LogP) is 4.75. The number of hydrogen-bond acceptors (Lipinski definition) is 4. The van der Waals surface area contributed by atoms with Crippen molar-refractivity contribution in [2.24, 2.45) is 5.92 Å². The van der Waals surface area contributed by atoms with Gasteiger partial charge in [0.2, 0.25) is 0 Å². The highest BCUT2D eigenvalue weighted by Gasteiger charge is 2.05. The molecule has 0 atom stereocenters. The fourth-order valence-electron chi connectivity index (χ4n) is 2.25. The van der Waals surface area contributed by atoms with E-state index >= 15 is 0 Å². The Hall–Kier alpha value is -1.52. The largest absolute Gasteiger partial charge is 0.377 e. The van der Waals surface area contributed by atoms with Gasteiger partial charge < -0.3 is 9.69 Å². The molecule has 0 aliphatic rings. The van der Waals surface area contributed by atoms with Gasteiger partial charge >= 0.3 is 0 Å². The third-order valence-electron chi connectivity index (χ3n) is 3.41. The van der Waals surface area contributed by atoms with Crippen LogP contribution in [-0.2, 0) is 4.79 Å². The Bertz CT molecular complexity index is 611. The highest BCUT2D eigenvalue weighted by Crippen LogP contribution is 2.31. The van der Waals surface area contributed by atoms with Crippen molar-refractivity contribution in [3.63, 3.8) is 0 Å². The summed E-state index contributed by atoms with van der Waals surface area (Å²) >= 11 is 1.66. The molecular weight excluding hydrogens is 304 g/mol. The van der Waals surface area contributed by atoms with Gasteiger partial charge in [0.15, 0.2) is 0 Å². The standard InChI is InChI=1S/C13H16N2S.C6H12O/c1-14-16-13-9-5-6-10-11(13)7-4-8-12(10)15(2)3;1-6(2)4-3-5-7/h4-9,14H,1-3H3;5-6H,3-4H2,1-2H3. The van der Waals surface area contributed by atoms with Crippen LogP contribution in [0.3, 0.4) is 0 Å². The van der Waals surface area contributed by atoms with Crippen molar-refractivity contribution in [3.8, 4) is 0 Å². The van der Waals surface area contributed by atoms with E-state index < -0.39 is 0 Å². The molecule has 0 aliphatic carbocycles. The number of benzene rings is 2. The molecule has 0 spiro atoms. The van der Waals surface area contributed by atoms with Crippen molar-refractivity contribution in [1.82, 2.24) is 4.72 Å². The van der Waals surface area contributed by atoms with Crippen molar-refractivity contribution in [1.29, 1.82) is 0 Å². The van der Waals surface area contributed by atoms with Crippen LogP contribution >= 0.6 is 11.9 Å². The van der Waals surface area contributed by atoms with Gasteiger partial charge in [0, 0.05) is 36.5 Å². The Morgan fingerprint density at radius 3 is 2.30 bits per heavy atom. The van der Waals surface area contributed by atoms with Gasteiger partial charge in [-0.25, -0.2) is 0 Å². The Morgan fingerprint density at radius 1 is 1.13 bits per heavy atom. The monoisotopic (exact) mass is 332 g/mol. The quantitative estimate of drug-likeness (QED) is 0.611. The van der Waals surface area contributed by atoms with Crippen LogP contribution in [0.25, 0.3) is 10.8 Å². The van der Waals surface area contributed by atoms with Gasteiger partial charge in [0.1, 0.15) is 6.29 Å².